The summed E-state index contributed by atoms with van der Waals surface area (Å²) in [6, 6.07) is 4.86. The summed E-state index contributed by atoms with van der Waals surface area (Å²) in [5.41, 5.74) is 7.18. The molecule has 0 spiro atoms. The maximum atomic E-state index is 2.43. The minimum atomic E-state index is 0.275. The number of hydrogen-bond acceptors (Lipinski definition) is 0. The van der Waals surface area contributed by atoms with Gasteiger partial charge in [0, 0.05) is 0 Å². The van der Waals surface area contributed by atoms with Crippen LogP contribution in [-0.4, -0.2) is 0 Å². The van der Waals surface area contributed by atoms with Crippen LogP contribution in [0, 0.1) is 11.8 Å². The first kappa shape index (κ1) is 14.2. The third kappa shape index (κ3) is 2.22. The lowest BCUT2D eigenvalue weighted by atomic mass is 9.60. The summed E-state index contributed by atoms with van der Waals surface area (Å²) >= 11 is 0. The maximum Gasteiger partial charge on any atom is -0.0129 e. The van der Waals surface area contributed by atoms with E-state index in [4.69, 9.17) is 0 Å². The Labute approximate surface area is 125 Å². The van der Waals surface area contributed by atoms with E-state index in [0.29, 0.717) is 0 Å². The third-order valence-electron chi connectivity index (χ3n) is 5.55. The Morgan fingerprint density at radius 2 is 1.05 bits per heavy atom. The van der Waals surface area contributed by atoms with Crippen LogP contribution in [0.4, 0.5) is 0 Å². The topological polar surface area (TPSA) is 0 Å². The highest BCUT2D eigenvalue weighted by molar-refractivity contribution is 5.48. The first-order chi connectivity index (χ1) is 9.18. The van der Waals surface area contributed by atoms with Gasteiger partial charge in [0.1, 0.15) is 0 Å². The molecular formula is C20H30. The van der Waals surface area contributed by atoms with Crippen molar-refractivity contribution in [3.63, 3.8) is 0 Å². The highest BCUT2D eigenvalue weighted by Gasteiger charge is 2.39. The molecule has 20 heavy (non-hydrogen) atoms. The Morgan fingerprint density at radius 1 is 0.700 bits per heavy atom. The minimum Gasteiger partial charge on any atom is -0.0579 e. The second kappa shape index (κ2) is 4.36. The predicted molar refractivity (Wildman–Crippen MR) is 87.5 cm³/mol. The van der Waals surface area contributed by atoms with E-state index in [-0.39, 0.29) is 10.8 Å². The van der Waals surface area contributed by atoms with Crippen molar-refractivity contribution in [2.24, 2.45) is 11.8 Å². The Kier molecular flexibility index (Phi) is 3.09. The van der Waals surface area contributed by atoms with Crippen LogP contribution < -0.4 is 0 Å². The zero-order valence-electron chi connectivity index (χ0n) is 14.1. The van der Waals surface area contributed by atoms with E-state index in [2.05, 4.69) is 53.7 Å². The first-order valence-corrected chi connectivity index (χ1v) is 8.33. The average molecular weight is 270 g/mol. The molecule has 0 N–H and O–H groups in total. The van der Waals surface area contributed by atoms with E-state index in [1.807, 2.05) is 0 Å². The lowest BCUT2D eigenvalue weighted by molar-refractivity contribution is 0.159. The lowest BCUT2D eigenvalue weighted by Crippen LogP contribution is -2.36. The van der Waals surface area contributed by atoms with Gasteiger partial charge in [-0.3, -0.25) is 0 Å². The van der Waals surface area contributed by atoms with Crippen molar-refractivity contribution < 1.29 is 0 Å². The summed E-state index contributed by atoms with van der Waals surface area (Å²) in [4.78, 5) is 0. The zero-order valence-corrected chi connectivity index (χ0v) is 14.1. The molecule has 0 nitrogen and oxygen atoms in total. The molecule has 1 aromatic carbocycles. The number of rotatable bonds is 0. The summed E-state index contributed by atoms with van der Waals surface area (Å²) < 4.78 is 0. The van der Waals surface area contributed by atoms with Crippen LogP contribution in [0.5, 0.6) is 0 Å². The van der Waals surface area contributed by atoms with Crippen molar-refractivity contribution in [2.75, 3.05) is 0 Å². The van der Waals surface area contributed by atoms with Gasteiger partial charge in [0.25, 0.3) is 0 Å². The fourth-order valence-corrected chi connectivity index (χ4v) is 4.26. The maximum absolute atomic E-state index is 2.43. The van der Waals surface area contributed by atoms with Crippen LogP contribution in [0.25, 0.3) is 0 Å². The minimum absolute atomic E-state index is 0.275. The molecule has 0 heteroatoms. The van der Waals surface area contributed by atoms with Gasteiger partial charge in [-0.2, -0.15) is 0 Å². The van der Waals surface area contributed by atoms with Crippen molar-refractivity contribution in [1.29, 1.82) is 0 Å². The van der Waals surface area contributed by atoms with Gasteiger partial charge < -0.3 is 0 Å². The Bertz CT molecular complexity index is 473. The van der Waals surface area contributed by atoms with Crippen molar-refractivity contribution in [1.82, 2.24) is 0 Å². The van der Waals surface area contributed by atoms with Gasteiger partial charge in [0.2, 0.25) is 0 Å². The third-order valence-corrected chi connectivity index (χ3v) is 5.55. The molecule has 0 radical (unpaired) electrons. The number of fused-ring (bicyclic) bond motifs is 2. The van der Waals surface area contributed by atoms with E-state index in [0.717, 1.165) is 11.8 Å². The van der Waals surface area contributed by atoms with E-state index in [1.165, 1.54) is 25.7 Å². The van der Waals surface area contributed by atoms with Crippen LogP contribution in [0.1, 0.15) is 76.6 Å². The molecular weight excluding hydrogens is 240 g/mol. The fraction of sp³-hybridized carbons (Fsp3) is 0.700. The molecule has 0 aromatic heterocycles. The van der Waals surface area contributed by atoms with Crippen LogP contribution in [0.2, 0.25) is 0 Å². The van der Waals surface area contributed by atoms with Gasteiger partial charge in [-0.05, 0) is 70.6 Å². The molecule has 0 aliphatic heterocycles. The monoisotopic (exact) mass is 270 g/mol. The van der Waals surface area contributed by atoms with Crippen molar-refractivity contribution in [3.8, 4) is 0 Å². The molecule has 0 bridgehead atoms. The van der Waals surface area contributed by atoms with E-state index < -0.39 is 0 Å². The average Bonchev–Trinajstić information content (AvgIpc) is 2.27. The standard InChI is InChI=1S/C20H30/c1-19(2,3)17-9-10-18(20(4,5)6)16-12-14-8-7-13(14)11-15(16)17/h9-10,13-14H,7-8,11-12H2,1-6H3. The number of hydrogen-bond donors (Lipinski definition) is 0. The highest BCUT2D eigenvalue weighted by atomic mass is 14.4. The molecule has 3 rings (SSSR count). The van der Waals surface area contributed by atoms with Gasteiger partial charge >= 0.3 is 0 Å². The first-order valence-electron chi connectivity index (χ1n) is 8.33. The highest BCUT2D eigenvalue weighted by Crippen LogP contribution is 2.48. The predicted octanol–water partition coefficient (Wildman–Crippen LogP) is 5.41. The molecule has 2 unspecified atom stereocenters. The normalized spacial score (nSPS) is 25.7. The molecule has 0 saturated heterocycles. The molecule has 2 aliphatic carbocycles. The molecule has 0 heterocycles. The molecule has 1 saturated carbocycles. The molecule has 1 aromatic rings. The Hall–Kier alpha value is -0.780. The Balaban J connectivity index is 2.17. The van der Waals surface area contributed by atoms with Crippen LogP contribution in [0.15, 0.2) is 12.1 Å². The van der Waals surface area contributed by atoms with Crippen molar-refractivity contribution in [2.45, 2.75) is 78.1 Å². The van der Waals surface area contributed by atoms with Crippen molar-refractivity contribution in [3.05, 3.63) is 34.4 Å². The molecule has 2 atom stereocenters. The van der Waals surface area contributed by atoms with Crippen LogP contribution in [0.3, 0.4) is 0 Å². The summed E-state index contributed by atoms with van der Waals surface area (Å²) in [6.45, 7) is 14.2. The molecule has 2 aliphatic rings. The second-order valence-corrected chi connectivity index (χ2v) is 9.12. The molecule has 110 valence electrons. The van der Waals surface area contributed by atoms with Gasteiger partial charge in [-0.15, -0.1) is 0 Å². The summed E-state index contributed by atoms with van der Waals surface area (Å²) in [5.74, 6) is 1.97. The largest absolute Gasteiger partial charge is 0.0579 e. The van der Waals surface area contributed by atoms with Crippen LogP contribution in [-0.2, 0) is 23.7 Å². The van der Waals surface area contributed by atoms with Crippen molar-refractivity contribution >= 4 is 0 Å². The molecule has 0 amide bonds. The van der Waals surface area contributed by atoms with Crippen LogP contribution >= 0.6 is 0 Å². The summed E-state index contributed by atoms with van der Waals surface area (Å²) in [7, 11) is 0. The van der Waals surface area contributed by atoms with Gasteiger partial charge in [0.15, 0.2) is 0 Å². The zero-order chi connectivity index (χ0) is 14.7. The SMILES string of the molecule is CC(C)(C)c1ccc(C(C)(C)C)c2c1CC1CCC1C2. The second-order valence-electron chi connectivity index (χ2n) is 9.12. The van der Waals surface area contributed by atoms with E-state index in [9.17, 15) is 0 Å². The lowest BCUT2D eigenvalue weighted by Gasteiger charge is -2.45. The van der Waals surface area contributed by atoms with E-state index in [1.54, 1.807) is 22.3 Å². The molecule has 1 fully saturated rings. The van der Waals surface area contributed by atoms with Gasteiger partial charge in [-0.1, -0.05) is 53.7 Å². The quantitative estimate of drug-likeness (QED) is 0.591. The van der Waals surface area contributed by atoms with E-state index >= 15 is 0 Å². The smallest absolute Gasteiger partial charge is 0.0129 e. The van der Waals surface area contributed by atoms with Gasteiger partial charge in [0.05, 0.1) is 0 Å². The fourth-order valence-electron chi connectivity index (χ4n) is 4.26. The van der Waals surface area contributed by atoms with Gasteiger partial charge in [-0.25, -0.2) is 0 Å². The summed E-state index contributed by atoms with van der Waals surface area (Å²) in [5, 5.41) is 0. The summed E-state index contributed by atoms with van der Waals surface area (Å²) in [6.07, 6.45) is 5.62. The Morgan fingerprint density at radius 3 is 1.30 bits per heavy atom. The number of benzene rings is 1.